The lowest BCUT2D eigenvalue weighted by Gasteiger charge is -2.20. The molecule has 1 fully saturated rings. The molecule has 2 N–H and O–H groups in total. The second-order valence-corrected chi connectivity index (χ2v) is 7.04. The Labute approximate surface area is 123 Å². The summed E-state index contributed by atoms with van der Waals surface area (Å²) < 4.78 is 5.65. The van der Waals surface area contributed by atoms with Crippen LogP contribution in [0.4, 0.5) is 0 Å². The highest BCUT2D eigenvalue weighted by molar-refractivity contribution is 5.29. The van der Waals surface area contributed by atoms with Crippen LogP contribution in [0.1, 0.15) is 70.0 Å². The highest BCUT2D eigenvalue weighted by Gasteiger charge is 2.16. The SMILES string of the molecule is CC(C)(C)c1ccc(C(N)CCCC2CCCO2)cc1. The Morgan fingerprint density at radius 3 is 2.50 bits per heavy atom. The lowest BCUT2D eigenvalue weighted by Crippen LogP contribution is -2.14. The van der Waals surface area contributed by atoms with Crippen LogP contribution >= 0.6 is 0 Å². The molecule has 0 radical (unpaired) electrons. The maximum Gasteiger partial charge on any atom is 0.0576 e. The molecule has 2 nitrogen and oxygen atoms in total. The highest BCUT2D eigenvalue weighted by Crippen LogP contribution is 2.25. The molecule has 2 heteroatoms. The molecule has 0 spiro atoms. The maximum atomic E-state index is 6.30. The Morgan fingerprint density at radius 2 is 1.95 bits per heavy atom. The molecule has 1 aromatic rings. The van der Waals surface area contributed by atoms with Crippen LogP contribution in [0, 0.1) is 0 Å². The molecular weight excluding hydrogens is 246 g/mol. The summed E-state index contributed by atoms with van der Waals surface area (Å²) in [6.45, 7) is 7.67. The minimum atomic E-state index is 0.158. The quantitative estimate of drug-likeness (QED) is 0.868. The predicted octanol–water partition coefficient (Wildman–Crippen LogP) is 4.33. The van der Waals surface area contributed by atoms with Crippen LogP contribution in [0.2, 0.25) is 0 Å². The van der Waals surface area contributed by atoms with E-state index in [9.17, 15) is 0 Å². The predicted molar refractivity (Wildman–Crippen MR) is 84.9 cm³/mol. The Balaban J connectivity index is 1.81. The molecule has 1 heterocycles. The van der Waals surface area contributed by atoms with Crippen molar-refractivity contribution >= 4 is 0 Å². The van der Waals surface area contributed by atoms with Gasteiger partial charge in [-0.15, -0.1) is 0 Å². The van der Waals surface area contributed by atoms with E-state index in [2.05, 4.69) is 45.0 Å². The average molecular weight is 275 g/mol. The number of nitrogens with two attached hydrogens (primary N) is 1. The summed E-state index contributed by atoms with van der Waals surface area (Å²) in [6.07, 6.45) is 6.32. The van der Waals surface area contributed by atoms with E-state index in [-0.39, 0.29) is 11.5 Å². The summed E-state index contributed by atoms with van der Waals surface area (Å²) in [5.41, 5.74) is 9.13. The van der Waals surface area contributed by atoms with Gasteiger partial charge >= 0.3 is 0 Å². The number of hydrogen-bond acceptors (Lipinski definition) is 2. The van der Waals surface area contributed by atoms with Crippen molar-refractivity contribution in [3.63, 3.8) is 0 Å². The van der Waals surface area contributed by atoms with Gasteiger partial charge in [-0.2, -0.15) is 0 Å². The van der Waals surface area contributed by atoms with Crippen molar-refractivity contribution in [1.29, 1.82) is 0 Å². The van der Waals surface area contributed by atoms with E-state index in [1.54, 1.807) is 0 Å². The van der Waals surface area contributed by atoms with Crippen molar-refractivity contribution in [1.82, 2.24) is 0 Å². The Kier molecular flexibility index (Phi) is 5.22. The average Bonchev–Trinajstić information content (AvgIpc) is 2.91. The molecule has 0 bridgehead atoms. The van der Waals surface area contributed by atoms with Gasteiger partial charge in [-0.3, -0.25) is 0 Å². The fourth-order valence-electron chi connectivity index (χ4n) is 2.83. The smallest absolute Gasteiger partial charge is 0.0576 e. The highest BCUT2D eigenvalue weighted by atomic mass is 16.5. The van der Waals surface area contributed by atoms with Crippen LogP contribution in [0.3, 0.4) is 0 Å². The molecule has 2 unspecified atom stereocenters. The first-order chi connectivity index (χ1) is 9.47. The standard InChI is InChI=1S/C18H29NO/c1-18(2,3)15-11-9-14(10-12-15)17(19)8-4-6-16-7-5-13-20-16/h9-12,16-17H,4-8,13,19H2,1-3H3. The molecule has 2 rings (SSSR count). The number of rotatable bonds is 5. The molecule has 2 atom stereocenters. The first kappa shape index (κ1) is 15.5. The molecule has 0 saturated carbocycles. The van der Waals surface area contributed by atoms with E-state index in [0.29, 0.717) is 6.10 Å². The third kappa shape index (κ3) is 4.32. The van der Waals surface area contributed by atoms with Crippen molar-refractivity contribution in [2.24, 2.45) is 5.73 Å². The van der Waals surface area contributed by atoms with E-state index in [1.165, 1.54) is 24.0 Å². The third-order valence-corrected chi connectivity index (χ3v) is 4.27. The van der Waals surface area contributed by atoms with Gasteiger partial charge in [0.1, 0.15) is 0 Å². The van der Waals surface area contributed by atoms with Gasteiger partial charge in [0.2, 0.25) is 0 Å². The van der Waals surface area contributed by atoms with Gasteiger partial charge in [0.25, 0.3) is 0 Å². The summed E-state index contributed by atoms with van der Waals surface area (Å²) in [5.74, 6) is 0. The van der Waals surface area contributed by atoms with Crippen LogP contribution < -0.4 is 5.73 Å². The molecule has 20 heavy (non-hydrogen) atoms. The van der Waals surface area contributed by atoms with Crippen molar-refractivity contribution in [2.75, 3.05) is 6.61 Å². The summed E-state index contributed by atoms with van der Waals surface area (Å²) >= 11 is 0. The van der Waals surface area contributed by atoms with Crippen LogP contribution in [0.25, 0.3) is 0 Å². The first-order valence-electron chi connectivity index (χ1n) is 7.94. The molecule has 0 amide bonds. The Bertz CT molecular complexity index is 398. The number of ether oxygens (including phenoxy) is 1. The van der Waals surface area contributed by atoms with Crippen molar-refractivity contribution < 1.29 is 4.74 Å². The monoisotopic (exact) mass is 275 g/mol. The van der Waals surface area contributed by atoms with Crippen LogP contribution in [0.15, 0.2) is 24.3 Å². The van der Waals surface area contributed by atoms with Crippen LogP contribution in [-0.4, -0.2) is 12.7 Å². The minimum Gasteiger partial charge on any atom is -0.378 e. The van der Waals surface area contributed by atoms with Gasteiger partial charge in [-0.05, 0) is 48.6 Å². The van der Waals surface area contributed by atoms with Gasteiger partial charge in [-0.25, -0.2) is 0 Å². The van der Waals surface area contributed by atoms with E-state index in [0.717, 1.165) is 25.9 Å². The zero-order chi connectivity index (χ0) is 14.6. The van der Waals surface area contributed by atoms with E-state index >= 15 is 0 Å². The van der Waals surface area contributed by atoms with Gasteiger partial charge in [0, 0.05) is 12.6 Å². The number of benzene rings is 1. The van der Waals surface area contributed by atoms with E-state index in [1.807, 2.05) is 0 Å². The van der Waals surface area contributed by atoms with Gasteiger partial charge < -0.3 is 10.5 Å². The summed E-state index contributed by atoms with van der Waals surface area (Å²) in [5, 5.41) is 0. The molecule has 1 aliphatic rings. The lowest BCUT2D eigenvalue weighted by molar-refractivity contribution is 0.101. The van der Waals surface area contributed by atoms with Gasteiger partial charge in [0.05, 0.1) is 6.10 Å². The topological polar surface area (TPSA) is 35.2 Å². The second kappa shape index (κ2) is 6.73. The van der Waals surface area contributed by atoms with Crippen LogP contribution in [-0.2, 0) is 10.2 Å². The largest absolute Gasteiger partial charge is 0.378 e. The summed E-state index contributed by atoms with van der Waals surface area (Å²) in [6, 6.07) is 8.98. The Hall–Kier alpha value is -0.860. The maximum absolute atomic E-state index is 6.30. The van der Waals surface area contributed by atoms with Crippen LogP contribution in [0.5, 0.6) is 0 Å². The molecular formula is C18H29NO. The third-order valence-electron chi connectivity index (χ3n) is 4.27. The fraction of sp³-hybridized carbons (Fsp3) is 0.667. The zero-order valence-corrected chi connectivity index (χ0v) is 13.2. The van der Waals surface area contributed by atoms with Crippen molar-refractivity contribution in [2.45, 2.75) is 70.4 Å². The second-order valence-electron chi connectivity index (χ2n) is 7.04. The molecule has 1 saturated heterocycles. The van der Waals surface area contributed by atoms with Crippen molar-refractivity contribution in [3.05, 3.63) is 35.4 Å². The lowest BCUT2D eigenvalue weighted by atomic mass is 9.86. The molecule has 0 aromatic heterocycles. The molecule has 0 aliphatic carbocycles. The molecule has 112 valence electrons. The van der Waals surface area contributed by atoms with Crippen molar-refractivity contribution in [3.8, 4) is 0 Å². The normalized spacial score (nSPS) is 21.1. The molecule has 1 aliphatic heterocycles. The number of hydrogen-bond donors (Lipinski definition) is 1. The van der Waals surface area contributed by atoms with Gasteiger partial charge in [0.15, 0.2) is 0 Å². The fourth-order valence-corrected chi connectivity index (χ4v) is 2.83. The van der Waals surface area contributed by atoms with E-state index in [4.69, 9.17) is 10.5 Å². The first-order valence-corrected chi connectivity index (χ1v) is 7.94. The molecule has 1 aromatic carbocycles. The minimum absolute atomic E-state index is 0.158. The van der Waals surface area contributed by atoms with E-state index < -0.39 is 0 Å². The van der Waals surface area contributed by atoms with Gasteiger partial charge in [-0.1, -0.05) is 45.0 Å². The summed E-state index contributed by atoms with van der Waals surface area (Å²) in [4.78, 5) is 0. The summed E-state index contributed by atoms with van der Waals surface area (Å²) in [7, 11) is 0. The zero-order valence-electron chi connectivity index (χ0n) is 13.2. The Morgan fingerprint density at radius 1 is 1.25 bits per heavy atom.